The molecule has 0 aliphatic heterocycles. The van der Waals surface area contributed by atoms with Gasteiger partial charge in [-0.3, -0.25) is 0 Å². The summed E-state index contributed by atoms with van der Waals surface area (Å²) in [7, 11) is 0. The zero-order valence-electron chi connectivity index (χ0n) is 30.7. The van der Waals surface area contributed by atoms with Gasteiger partial charge in [0.05, 0.1) is 16.6 Å². The van der Waals surface area contributed by atoms with Crippen molar-refractivity contribution in [2.24, 2.45) is 0 Å². The van der Waals surface area contributed by atoms with Gasteiger partial charge in [0, 0.05) is 33.7 Å². The molecule has 2 nitrogen and oxygen atoms in total. The average molecular weight is 713 g/mol. The average Bonchev–Trinajstić information content (AvgIpc) is 3.83. The largest absolute Gasteiger partial charge is 0.317 e. The summed E-state index contributed by atoms with van der Waals surface area (Å²) >= 11 is 0. The fourth-order valence-electron chi connectivity index (χ4n) is 8.48. The van der Waals surface area contributed by atoms with Gasteiger partial charge in [-0.05, 0) is 128 Å². The van der Waals surface area contributed by atoms with Crippen molar-refractivity contribution < 1.29 is 0 Å². The fraction of sp³-hybridized carbons (Fsp3) is 0. The number of nitrogens with zero attached hydrogens (tertiary/aromatic N) is 2. The lowest BCUT2D eigenvalue weighted by Crippen LogP contribution is -1.93. The molecule has 0 aliphatic carbocycles. The first-order valence-electron chi connectivity index (χ1n) is 19.2. The van der Waals surface area contributed by atoms with Crippen LogP contribution in [-0.4, -0.2) is 9.13 Å². The zero-order valence-corrected chi connectivity index (χ0v) is 30.7. The summed E-state index contributed by atoms with van der Waals surface area (Å²) in [6.45, 7) is 0. The third kappa shape index (κ3) is 5.51. The Morgan fingerprint density at radius 2 is 0.929 bits per heavy atom. The zero-order chi connectivity index (χ0) is 37.0. The molecule has 0 spiro atoms. The molecule has 0 saturated heterocycles. The highest BCUT2D eigenvalue weighted by atomic mass is 15.0. The molecule has 2 heteroatoms. The SMILES string of the molecule is C(=C(c1ccc2ccccc2c1)c1ccc2ccccc2c1)c1ccc(-c2ccc3c(c2)c2cc4c(ccn4-c4ccccc4)cc2n3-c2ccccc2)cc1. The van der Waals surface area contributed by atoms with E-state index in [1.54, 1.807) is 0 Å². The predicted octanol–water partition coefficient (Wildman–Crippen LogP) is 14.3. The molecular formula is C54H36N2. The van der Waals surface area contributed by atoms with Gasteiger partial charge < -0.3 is 9.13 Å². The Morgan fingerprint density at radius 1 is 0.357 bits per heavy atom. The topological polar surface area (TPSA) is 9.86 Å². The van der Waals surface area contributed by atoms with Crippen LogP contribution in [0, 0.1) is 0 Å². The Kier molecular flexibility index (Phi) is 7.53. The van der Waals surface area contributed by atoms with E-state index in [2.05, 4.69) is 228 Å². The van der Waals surface area contributed by atoms with Crippen molar-refractivity contribution >= 4 is 65.9 Å². The molecule has 2 heterocycles. The smallest absolute Gasteiger partial charge is 0.0548 e. The molecule has 0 unspecified atom stereocenters. The predicted molar refractivity (Wildman–Crippen MR) is 238 cm³/mol. The maximum atomic E-state index is 2.41. The van der Waals surface area contributed by atoms with Gasteiger partial charge in [0.25, 0.3) is 0 Å². The molecule has 0 atom stereocenters. The number of para-hydroxylation sites is 2. The highest BCUT2D eigenvalue weighted by Crippen LogP contribution is 2.38. The molecular weight excluding hydrogens is 677 g/mol. The van der Waals surface area contributed by atoms with Crippen LogP contribution in [0.15, 0.2) is 212 Å². The number of hydrogen-bond donors (Lipinski definition) is 0. The number of hydrogen-bond acceptors (Lipinski definition) is 0. The van der Waals surface area contributed by atoms with Gasteiger partial charge in [-0.25, -0.2) is 0 Å². The van der Waals surface area contributed by atoms with Gasteiger partial charge in [-0.2, -0.15) is 0 Å². The Morgan fingerprint density at radius 3 is 1.59 bits per heavy atom. The van der Waals surface area contributed by atoms with Crippen molar-refractivity contribution in [3.05, 3.63) is 229 Å². The molecule has 0 N–H and O–H groups in total. The number of rotatable bonds is 6. The quantitative estimate of drug-likeness (QED) is 0.152. The van der Waals surface area contributed by atoms with E-state index in [-0.39, 0.29) is 0 Å². The Bertz CT molecular complexity index is 3190. The first-order valence-corrected chi connectivity index (χ1v) is 19.2. The number of benzene rings is 9. The van der Waals surface area contributed by atoms with E-state index in [1.165, 1.54) is 82.1 Å². The van der Waals surface area contributed by atoms with E-state index < -0.39 is 0 Å². The third-order valence-electron chi connectivity index (χ3n) is 11.3. The molecule has 0 bridgehead atoms. The Labute approximate surface area is 325 Å². The van der Waals surface area contributed by atoms with E-state index in [0.717, 1.165) is 16.9 Å². The van der Waals surface area contributed by atoms with E-state index in [0.29, 0.717) is 0 Å². The van der Waals surface area contributed by atoms with Crippen molar-refractivity contribution in [3.8, 4) is 22.5 Å². The normalized spacial score (nSPS) is 11.6. The molecule has 0 saturated carbocycles. The van der Waals surface area contributed by atoms with E-state index in [9.17, 15) is 0 Å². The molecule has 0 amide bonds. The van der Waals surface area contributed by atoms with Gasteiger partial charge in [-0.1, -0.05) is 140 Å². The second-order valence-corrected chi connectivity index (χ2v) is 14.7. The van der Waals surface area contributed by atoms with Crippen molar-refractivity contribution in [1.29, 1.82) is 0 Å². The Balaban J connectivity index is 1.04. The van der Waals surface area contributed by atoms with Crippen molar-refractivity contribution in [2.75, 3.05) is 0 Å². The molecule has 2 aromatic heterocycles. The van der Waals surface area contributed by atoms with Crippen LogP contribution in [0.5, 0.6) is 0 Å². The van der Waals surface area contributed by atoms with Gasteiger partial charge in [0.15, 0.2) is 0 Å². The van der Waals surface area contributed by atoms with Crippen LogP contribution in [0.1, 0.15) is 16.7 Å². The van der Waals surface area contributed by atoms with Gasteiger partial charge in [-0.15, -0.1) is 0 Å². The first kappa shape index (κ1) is 32.0. The minimum Gasteiger partial charge on any atom is -0.317 e. The fourth-order valence-corrected chi connectivity index (χ4v) is 8.48. The summed E-state index contributed by atoms with van der Waals surface area (Å²) in [5, 5.41) is 8.67. The molecule has 262 valence electrons. The van der Waals surface area contributed by atoms with E-state index >= 15 is 0 Å². The van der Waals surface area contributed by atoms with Crippen LogP contribution in [0.4, 0.5) is 0 Å². The van der Waals surface area contributed by atoms with Crippen LogP contribution in [-0.2, 0) is 0 Å². The Hall–Kier alpha value is -7.42. The van der Waals surface area contributed by atoms with Crippen LogP contribution in [0.3, 0.4) is 0 Å². The summed E-state index contributed by atoms with van der Waals surface area (Å²) in [6.07, 6.45) is 4.52. The van der Waals surface area contributed by atoms with Crippen LogP contribution in [0.25, 0.3) is 88.4 Å². The minimum atomic E-state index is 1.16. The molecule has 11 rings (SSSR count). The summed E-state index contributed by atoms with van der Waals surface area (Å²) in [4.78, 5) is 0. The number of aromatic nitrogens is 2. The summed E-state index contributed by atoms with van der Waals surface area (Å²) < 4.78 is 4.70. The lowest BCUT2D eigenvalue weighted by Gasteiger charge is -2.12. The molecule has 0 aliphatic rings. The molecule has 0 radical (unpaired) electrons. The highest BCUT2D eigenvalue weighted by molar-refractivity contribution is 6.14. The highest BCUT2D eigenvalue weighted by Gasteiger charge is 2.16. The van der Waals surface area contributed by atoms with Gasteiger partial charge in [0.2, 0.25) is 0 Å². The van der Waals surface area contributed by atoms with Gasteiger partial charge >= 0.3 is 0 Å². The third-order valence-corrected chi connectivity index (χ3v) is 11.3. The first-order chi connectivity index (χ1) is 27.7. The molecule has 0 fully saturated rings. The monoisotopic (exact) mass is 712 g/mol. The molecule has 11 aromatic rings. The summed E-state index contributed by atoms with van der Waals surface area (Å²) in [6, 6.07) is 75.0. The van der Waals surface area contributed by atoms with Crippen molar-refractivity contribution in [1.82, 2.24) is 9.13 Å². The van der Waals surface area contributed by atoms with Crippen LogP contribution >= 0.6 is 0 Å². The molecule has 56 heavy (non-hydrogen) atoms. The second-order valence-electron chi connectivity index (χ2n) is 14.7. The minimum absolute atomic E-state index is 1.16. The number of fused-ring (bicyclic) bond motifs is 6. The lowest BCUT2D eigenvalue weighted by atomic mass is 9.92. The van der Waals surface area contributed by atoms with E-state index in [1.807, 2.05) is 0 Å². The standard InChI is InChI=1S/C54H36N2/c1-3-15-47(16-4-1)55-30-29-46-35-54-51(36-53(46)55)50-34-43(27-28-52(50)56(54)48-17-5-2-6-18-48)40-21-19-37(20-22-40)31-49(44-25-23-38-11-7-9-13-41(38)32-44)45-26-24-39-12-8-10-14-42(39)33-45/h1-36H. The van der Waals surface area contributed by atoms with Crippen molar-refractivity contribution in [2.45, 2.75) is 0 Å². The summed E-state index contributed by atoms with van der Waals surface area (Å²) in [5.74, 6) is 0. The summed E-state index contributed by atoms with van der Waals surface area (Å²) in [5.41, 5.74) is 13.1. The maximum Gasteiger partial charge on any atom is 0.0548 e. The molecule has 9 aromatic carbocycles. The second kappa shape index (κ2) is 13.2. The van der Waals surface area contributed by atoms with Crippen LogP contribution < -0.4 is 0 Å². The van der Waals surface area contributed by atoms with Crippen molar-refractivity contribution in [3.63, 3.8) is 0 Å². The lowest BCUT2D eigenvalue weighted by molar-refractivity contribution is 1.13. The van der Waals surface area contributed by atoms with Gasteiger partial charge in [0.1, 0.15) is 0 Å². The van der Waals surface area contributed by atoms with Crippen LogP contribution in [0.2, 0.25) is 0 Å². The maximum absolute atomic E-state index is 2.41. The van der Waals surface area contributed by atoms with E-state index in [4.69, 9.17) is 0 Å².